The summed E-state index contributed by atoms with van der Waals surface area (Å²) in [6.45, 7) is 5.90. The minimum absolute atomic E-state index is 0.0154. The van der Waals surface area contributed by atoms with E-state index in [2.05, 4.69) is 19.0 Å². The van der Waals surface area contributed by atoms with Gasteiger partial charge in [-0.15, -0.1) is 5.16 Å². The minimum atomic E-state index is -0.477. The van der Waals surface area contributed by atoms with Crippen LogP contribution in [0.15, 0.2) is 5.16 Å². The number of ether oxygens (including phenoxy) is 3. The van der Waals surface area contributed by atoms with E-state index in [1.807, 2.05) is 0 Å². The van der Waals surface area contributed by atoms with Crippen LogP contribution in [0.5, 0.6) is 0 Å². The van der Waals surface area contributed by atoms with Crippen molar-refractivity contribution >= 4 is 12.2 Å². The second kappa shape index (κ2) is 5.93. The Morgan fingerprint density at radius 2 is 1.81 bits per heavy atom. The molecule has 4 unspecified atom stereocenters. The standard InChI is InChI=1S/C21H31NO5/c1-19(6-3-13-11-17(19)18(23)27-13)15-4-7-20(2)16(14(15)12-22-24)5-8-21(20)25-9-10-26-21/h12-17,24H,3-11H2,1-2H3/t13-,14?,15?,16?,17+,19+,20?/m0/s1. The predicted molar refractivity (Wildman–Crippen MR) is 97.3 cm³/mol. The SMILES string of the molecule is CC12CCC([C@@]3(C)CC[C@H]4C[C@@H]3C(=O)O4)C(C=NO)C1CCC21OCCO1. The zero-order chi connectivity index (χ0) is 18.9. The maximum Gasteiger partial charge on any atom is 0.309 e. The number of carbonyl (C=O) groups is 1. The van der Waals surface area contributed by atoms with Crippen LogP contribution in [0.3, 0.4) is 0 Å². The average molecular weight is 377 g/mol. The van der Waals surface area contributed by atoms with Crippen molar-refractivity contribution in [3.63, 3.8) is 0 Å². The molecule has 2 heterocycles. The normalized spacial score (nSPS) is 51.0. The van der Waals surface area contributed by atoms with E-state index in [-0.39, 0.29) is 34.7 Å². The highest BCUT2D eigenvalue weighted by atomic mass is 16.7. The number of fused-ring (bicyclic) bond motifs is 4. The maximum absolute atomic E-state index is 12.5. The molecule has 2 aliphatic heterocycles. The summed E-state index contributed by atoms with van der Waals surface area (Å²) in [6, 6.07) is 0. The predicted octanol–water partition coefficient (Wildman–Crippen LogP) is 3.36. The Balaban J connectivity index is 1.50. The molecule has 5 rings (SSSR count). The van der Waals surface area contributed by atoms with Crippen LogP contribution in [0.25, 0.3) is 0 Å². The van der Waals surface area contributed by atoms with Gasteiger partial charge < -0.3 is 19.4 Å². The summed E-state index contributed by atoms with van der Waals surface area (Å²) >= 11 is 0. The maximum atomic E-state index is 12.5. The fraction of sp³-hybridized carbons (Fsp3) is 0.905. The third-order valence-corrected chi connectivity index (χ3v) is 9.08. The summed E-state index contributed by atoms with van der Waals surface area (Å²) in [6.07, 6.45) is 8.63. The number of carbonyl (C=O) groups excluding carboxylic acids is 1. The van der Waals surface area contributed by atoms with E-state index < -0.39 is 5.79 Å². The van der Waals surface area contributed by atoms with E-state index in [9.17, 15) is 10.0 Å². The van der Waals surface area contributed by atoms with Gasteiger partial charge in [0.15, 0.2) is 5.79 Å². The first-order valence-electron chi connectivity index (χ1n) is 10.6. The highest BCUT2D eigenvalue weighted by Crippen LogP contribution is 2.66. The quantitative estimate of drug-likeness (QED) is 0.346. The number of rotatable bonds is 2. The van der Waals surface area contributed by atoms with Gasteiger partial charge in [-0.3, -0.25) is 4.79 Å². The van der Waals surface area contributed by atoms with E-state index >= 15 is 0 Å². The lowest BCUT2D eigenvalue weighted by molar-refractivity contribution is -0.239. The molecule has 0 aromatic heterocycles. The largest absolute Gasteiger partial charge is 0.462 e. The van der Waals surface area contributed by atoms with E-state index in [0.29, 0.717) is 25.0 Å². The third kappa shape index (κ3) is 2.26. The number of nitrogens with zero attached hydrogens (tertiary/aromatic N) is 1. The summed E-state index contributed by atoms with van der Waals surface area (Å²) in [5, 5.41) is 13.0. The van der Waals surface area contributed by atoms with Crippen molar-refractivity contribution in [3.8, 4) is 0 Å². The molecule has 6 heteroatoms. The third-order valence-electron chi connectivity index (χ3n) is 9.08. The fourth-order valence-corrected chi connectivity index (χ4v) is 7.60. The Hall–Kier alpha value is -1.14. The van der Waals surface area contributed by atoms with E-state index in [1.54, 1.807) is 6.21 Å². The molecule has 0 aromatic carbocycles. The molecule has 3 saturated carbocycles. The van der Waals surface area contributed by atoms with Gasteiger partial charge in [0, 0.05) is 24.0 Å². The molecule has 7 atom stereocenters. The molecule has 1 spiro atoms. The summed E-state index contributed by atoms with van der Waals surface area (Å²) in [5.74, 6) is 0.287. The first kappa shape index (κ1) is 17.9. The first-order valence-corrected chi connectivity index (χ1v) is 10.6. The van der Waals surface area contributed by atoms with Gasteiger partial charge in [0.05, 0.1) is 19.1 Å². The van der Waals surface area contributed by atoms with Crippen molar-refractivity contribution in [1.29, 1.82) is 0 Å². The van der Waals surface area contributed by atoms with Crippen LogP contribution in [0.2, 0.25) is 0 Å². The van der Waals surface area contributed by atoms with Crippen molar-refractivity contribution in [3.05, 3.63) is 0 Å². The van der Waals surface area contributed by atoms with Crippen molar-refractivity contribution in [2.75, 3.05) is 13.2 Å². The Morgan fingerprint density at radius 1 is 1.07 bits per heavy atom. The molecule has 5 aliphatic rings. The van der Waals surface area contributed by atoms with Crippen LogP contribution in [0.1, 0.15) is 58.8 Å². The molecule has 0 radical (unpaired) electrons. The van der Waals surface area contributed by atoms with Crippen LogP contribution < -0.4 is 0 Å². The topological polar surface area (TPSA) is 77.4 Å². The molecule has 0 amide bonds. The molecule has 2 bridgehead atoms. The second-order valence-corrected chi connectivity index (χ2v) is 9.89. The molecule has 5 fully saturated rings. The van der Waals surface area contributed by atoms with E-state index in [0.717, 1.165) is 44.9 Å². The van der Waals surface area contributed by atoms with Crippen LogP contribution in [-0.4, -0.2) is 42.5 Å². The van der Waals surface area contributed by atoms with E-state index in [4.69, 9.17) is 14.2 Å². The molecule has 27 heavy (non-hydrogen) atoms. The van der Waals surface area contributed by atoms with Crippen molar-refractivity contribution in [2.24, 2.45) is 39.7 Å². The van der Waals surface area contributed by atoms with Crippen LogP contribution in [0, 0.1) is 34.5 Å². The van der Waals surface area contributed by atoms with Gasteiger partial charge in [0.2, 0.25) is 0 Å². The number of oxime groups is 1. The molecular weight excluding hydrogens is 346 g/mol. The molecule has 3 aliphatic carbocycles. The number of hydrogen-bond acceptors (Lipinski definition) is 6. The lowest BCUT2D eigenvalue weighted by atomic mass is 9.49. The van der Waals surface area contributed by atoms with Gasteiger partial charge >= 0.3 is 5.97 Å². The molecular formula is C21H31NO5. The fourth-order valence-electron chi connectivity index (χ4n) is 7.60. The Morgan fingerprint density at radius 3 is 2.56 bits per heavy atom. The summed E-state index contributed by atoms with van der Waals surface area (Å²) < 4.78 is 17.9. The minimum Gasteiger partial charge on any atom is -0.462 e. The van der Waals surface area contributed by atoms with Crippen LogP contribution >= 0.6 is 0 Å². The van der Waals surface area contributed by atoms with Gasteiger partial charge in [-0.1, -0.05) is 13.8 Å². The average Bonchev–Trinajstić information content (AvgIpc) is 3.32. The summed E-state index contributed by atoms with van der Waals surface area (Å²) in [7, 11) is 0. The molecule has 150 valence electrons. The van der Waals surface area contributed by atoms with Gasteiger partial charge in [0.1, 0.15) is 6.10 Å². The van der Waals surface area contributed by atoms with E-state index in [1.165, 1.54) is 0 Å². The molecule has 1 N–H and O–H groups in total. The monoisotopic (exact) mass is 377 g/mol. The van der Waals surface area contributed by atoms with Gasteiger partial charge in [-0.25, -0.2) is 0 Å². The smallest absolute Gasteiger partial charge is 0.309 e. The second-order valence-electron chi connectivity index (χ2n) is 9.89. The summed E-state index contributed by atoms with van der Waals surface area (Å²) in [4.78, 5) is 12.5. The van der Waals surface area contributed by atoms with Gasteiger partial charge in [-0.2, -0.15) is 0 Å². The van der Waals surface area contributed by atoms with Crippen LogP contribution in [0.4, 0.5) is 0 Å². The summed E-state index contributed by atoms with van der Waals surface area (Å²) in [5.41, 5.74) is -0.167. The van der Waals surface area contributed by atoms with Gasteiger partial charge in [0.25, 0.3) is 0 Å². The van der Waals surface area contributed by atoms with Gasteiger partial charge in [-0.05, 0) is 55.8 Å². The van der Waals surface area contributed by atoms with Crippen LogP contribution in [-0.2, 0) is 19.0 Å². The number of esters is 1. The molecule has 2 saturated heterocycles. The highest BCUT2D eigenvalue weighted by molar-refractivity contribution is 5.76. The zero-order valence-corrected chi connectivity index (χ0v) is 16.4. The zero-order valence-electron chi connectivity index (χ0n) is 16.4. The lowest BCUT2D eigenvalue weighted by Crippen LogP contribution is -2.55. The molecule has 0 aromatic rings. The highest BCUT2D eigenvalue weighted by Gasteiger charge is 2.67. The lowest BCUT2D eigenvalue weighted by Gasteiger charge is -2.55. The first-order chi connectivity index (χ1) is 12.9. The Kier molecular flexibility index (Phi) is 3.94. The van der Waals surface area contributed by atoms with Crippen molar-refractivity contribution in [1.82, 2.24) is 0 Å². The van der Waals surface area contributed by atoms with Crippen molar-refractivity contribution in [2.45, 2.75) is 70.7 Å². The Labute approximate surface area is 160 Å². The van der Waals surface area contributed by atoms with Crippen molar-refractivity contribution < 1.29 is 24.2 Å². The number of hydrogen-bond donors (Lipinski definition) is 1. The Bertz CT molecular complexity index is 659. The molecule has 6 nitrogen and oxygen atoms in total.